The number of hydrogen-bond donors (Lipinski definition) is 0. The van der Waals surface area contributed by atoms with E-state index >= 15 is 0 Å². The van der Waals surface area contributed by atoms with E-state index in [2.05, 4.69) is 13.5 Å². The summed E-state index contributed by atoms with van der Waals surface area (Å²) in [7, 11) is 1.28. The van der Waals surface area contributed by atoms with Gasteiger partial charge in [0.05, 0.1) is 0 Å². The summed E-state index contributed by atoms with van der Waals surface area (Å²) in [6.07, 6.45) is 7.89. The summed E-state index contributed by atoms with van der Waals surface area (Å²) in [5.74, 6) is -0.403. The molecule has 0 aliphatic heterocycles. The van der Waals surface area contributed by atoms with Crippen LogP contribution in [-0.4, -0.2) is 35.2 Å². The summed E-state index contributed by atoms with van der Waals surface area (Å²) in [4.78, 5) is 11.3. The zero-order valence-corrected chi connectivity index (χ0v) is 13.0. The standard InChI is InChI=1S/C13H26O4Si/c1-5-7-8-9-10-11-13(17-12(14)6-2)18(15-3)16-4/h6,13,18H,2,5,7-11H2,1,3-4H3. The summed E-state index contributed by atoms with van der Waals surface area (Å²) < 4.78 is 15.9. The molecule has 0 radical (unpaired) electrons. The molecule has 1 atom stereocenters. The number of carbonyl (C=O) groups excluding carboxylic acids is 1. The monoisotopic (exact) mass is 274 g/mol. The molecule has 0 saturated heterocycles. The third-order valence-electron chi connectivity index (χ3n) is 2.79. The molecule has 0 rings (SSSR count). The Morgan fingerprint density at radius 3 is 2.33 bits per heavy atom. The van der Waals surface area contributed by atoms with Crippen molar-refractivity contribution in [1.82, 2.24) is 0 Å². The predicted octanol–water partition coefficient (Wildman–Crippen LogP) is 2.50. The first-order valence-electron chi connectivity index (χ1n) is 6.58. The minimum absolute atomic E-state index is 0.230. The van der Waals surface area contributed by atoms with Crippen molar-refractivity contribution in [2.75, 3.05) is 14.2 Å². The molecule has 106 valence electrons. The zero-order valence-electron chi connectivity index (χ0n) is 11.8. The molecule has 5 heteroatoms. The number of esters is 1. The number of ether oxygens (including phenoxy) is 1. The first kappa shape index (κ1) is 17.3. The Balaban J connectivity index is 4.11. The van der Waals surface area contributed by atoms with Crippen molar-refractivity contribution in [3.8, 4) is 0 Å². The first-order chi connectivity index (χ1) is 8.69. The van der Waals surface area contributed by atoms with Gasteiger partial charge in [-0.1, -0.05) is 39.2 Å². The van der Waals surface area contributed by atoms with Crippen LogP contribution in [0.25, 0.3) is 0 Å². The molecule has 0 aliphatic carbocycles. The molecule has 0 fully saturated rings. The van der Waals surface area contributed by atoms with Gasteiger partial charge in [-0.25, -0.2) is 4.79 Å². The van der Waals surface area contributed by atoms with Gasteiger partial charge in [-0.2, -0.15) is 0 Å². The Labute approximate surface area is 112 Å². The second kappa shape index (κ2) is 11.4. The fraction of sp³-hybridized carbons (Fsp3) is 0.769. The van der Waals surface area contributed by atoms with Crippen molar-refractivity contribution < 1.29 is 18.4 Å². The van der Waals surface area contributed by atoms with E-state index in [1.807, 2.05) is 0 Å². The lowest BCUT2D eigenvalue weighted by Gasteiger charge is -2.22. The molecule has 0 saturated carbocycles. The summed E-state index contributed by atoms with van der Waals surface area (Å²) >= 11 is 0. The molecule has 0 amide bonds. The molecular formula is C13H26O4Si. The molecule has 0 aromatic heterocycles. The second-order valence-corrected chi connectivity index (χ2v) is 6.65. The lowest BCUT2D eigenvalue weighted by Crippen LogP contribution is -2.38. The Morgan fingerprint density at radius 1 is 1.22 bits per heavy atom. The fourth-order valence-electron chi connectivity index (χ4n) is 1.80. The lowest BCUT2D eigenvalue weighted by molar-refractivity contribution is -0.141. The van der Waals surface area contributed by atoms with Crippen molar-refractivity contribution in [3.63, 3.8) is 0 Å². The molecule has 1 unspecified atom stereocenters. The first-order valence-corrected chi connectivity index (χ1v) is 8.19. The quantitative estimate of drug-likeness (QED) is 0.251. The van der Waals surface area contributed by atoms with Crippen LogP contribution >= 0.6 is 0 Å². The van der Waals surface area contributed by atoms with E-state index in [4.69, 9.17) is 13.6 Å². The highest BCUT2D eigenvalue weighted by Gasteiger charge is 2.27. The van der Waals surface area contributed by atoms with E-state index in [1.54, 1.807) is 14.2 Å². The Bertz CT molecular complexity index is 229. The van der Waals surface area contributed by atoms with E-state index in [-0.39, 0.29) is 5.73 Å². The SMILES string of the molecule is C=CC(=O)OC(CCCCCCC)[SiH](OC)OC. The normalized spacial score (nSPS) is 12.4. The van der Waals surface area contributed by atoms with Gasteiger partial charge in [0, 0.05) is 20.3 Å². The van der Waals surface area contributed by atoms with Crippen LogP contribution in [0.15, 0.2) is 12.7 Å². The van der Waals surface area contributed by atoms with Gasteiger partial charge in [0.1, 0.15) is 5.73 Å². The van der Waals surface area contributed by atoms with E-state index in [9.17, 15) is 4.79 Å². The topological polar surface area (TPSA) is 44.8 Å². The van der Waals surface area contributed by atoms with Crippen LogP contribution in [0.5, 0.6) is 0 Å². The van der Waals surface area contributed by atoms with Crippen molar-refractivity contribution in [2.24, 2.45) is 0 Å². The largest absolute Gasteiger partial charge is 0.458 e. The van der Waals surface area contributed by atoms with Crippen molar-refractivity contribution in [1.29, 1.82) is 0 Å². The van der Waals surface area contributed by atoms with Gasteiger partial charge in [-0.3, -0.25) is 0 Å². The summed E-state index contributed by atoms with van der Waals surface area (Å²) in [5.41, 5.74) is -0.230. The van der Waals surface area contributed by atoms with Gasteiger partial charge in [-0.15, -0.1) is 0 Å². The van der Waals surface area contributed by atoms with Crippen molar-refractivity contribution >= 4 is 15.3 Å². The van der Waals surface area contributed by atoms with Gasteiger partial charge in [0.2, 0.25) is 0 Å². The summed E-state index contributed by atoms with van der Waals surface area (Å²) in [5, 5.41) is 0. The van der Waals surface area contributed by atoms with Gasteiger partial charge >= 0.3 is 15.3 Å². The highest BCUT2D eigenvalue weighted by Crippen LogP contribution is 2.13. The lowest BCUT2D eigenvalue weighted by atomic mass is 10.1. The minimum Gasteiger partial charge on any atom is -0.458 e. The Kier molecular flexibility index (Phi) is 11.0. The summed E-state index contributed by atoms with van der Waals surface area (Å²) in [6.45, 7) is 5.59. The third-order valence-corrected chi connectivity index (χ3v) is 4.80. The van der Waals surface area contributed by atoms with Gasteiger partial charge in [-0.05, 0) is 12.8 Å². The van der Waals surface area contributed by atoms with E-state index in [1.165, 1.54) is 25.3 Å². The maximum atomic E-state index is 11.3. The average molecular weight is 274 g/mol. The molecule has 4 nitrogen and oxygen atoms in total. The van der Waals surface area contributed by atoms with E-state index in [0.717, 1.165) is 19.3 Å². The Hall–Kier alpha value is -0.653. The van der Waals surface area contributed by atoms with Crippen LogP contribution in [-0.2, 0) is 18.4 Å². The molecular weight excluding hydrogens is 248 g/mol. The predicted molar refractivity (Wildman–Crippen MR) is 74.6 cm³/mol. The molecule has 0 N–H and O–H groups in total. The number of unbranched alkanes of at least 4 members (excludes halogenated alkanes) is 4. The third kappa shape index (κ3) is 7.63. The van der Waals surface area contributed by atoms with E-state index in [0.29, 0.717) is 0 Å². The van der Waals surface area contributed by atoms with Crippen LogP contribution in [0.1, 0.15) is 45.4 Å². The maximum absolute atomic E-state index is 11.3. The highest BCUT2D eigenvalue weighted by molar-refractivity contribution is 6.46. The van der Waals surface area contributed by atoms with Crippen molar-refractivity contribution in [3.05, 3.63) is 12.7 Å². The second-order valence-electron chi connectivity index (χ2n) is 4.22. The smallest absolute Gasteiger partial charge is 0.363 e. The number of hydrogen-bond acceptors (Lipinski definition) is 4. The average Bonchev–Trinajstić information content (AvgIpc) is 2.39. The number of rotatable bonds is 11. The molecule has 18 heavy (non-hydrogen) atoms. The maximum Gasteiger partial charge on any atom is 0.363 e. The Morgan fingerprint density at radius 2 is 1.83 bits per heavy atom. The van der Waals surface area contributed by atoms with Crippen LogP contribution in [0.2, 0.25) is 0 Å². The number of carbonyl (C=O) groups is 1. The highest BCUT2D eigenvalue weighted by atomic mass is 28.3. The van der Waals surface area contributed by atoms with Crippen LogP contribution in [0, 0.1) is 0 Å². The minimum atomic E-state index is -1.93. The van der Waals surface area contributed by atoms with Gasteiger partial charge < -0.3 is 13.6 Å². The van der Waals surface area contributed by atoms with Crippen LogP contribution in [0.3, 0.4) is 0 Å². The van der Waals surface area contributed by atoms with Crippen LogP contribution < -0.4 is 0 Å². The van der Waals surface area contributed by atoms with E-state index < -0.39 is 15.3 Å². The fourth-order valence-corrected chi connectivity index (χ4v) is 3.35. The van der Waals surface area contributed by atoms with Crippen LogP contribution in [0.4, 0.5) is 0 Å². The molecule has 0 spiro atoms. The van der Waals surface area contributed by atoms with Gasteiger partial charge in [0.15, 0.2) is 0 Å². The molecule has 0 aromatic carbocycles. The van der Waals surface area contributed by atoms with Gasteiger partial charge in [0.25, 0.3) is 0 Å². The molecule has 0 heterocycles. The molecule has 0 aromatic rings. The van der Waals surface area contributed by atoms with Crippen molar-refractivity contribution in [2.45, 2.75) is 51.2 Å². The summed E-state index contributed by atoms with van der Waals surface area (Å²) in [6, 6.07) is 0. The molecule has 0 bridgehead atoms. The zero-order chi connectivity index (χ0) is 13.8. The molecule has 0 aliphatic rings.